The zero-order valence-corrected chi connectivity index (χ0v) is 17.3. The van der Waals surface area contributed by atoms with Crippen LogP contribution in [0.2, 0.25) is 0 Å². The topological polar surface area (TPSA) is 84.7 Å². The molecule has 0 bridgehead atoms. The van der Waals surface area contributed by atoms with Gasteiger partial charge in [0.2, 0.25) is 5.91 Å². The molecule has 2 aliphatic rings. The van der Waals surface area contributed by atoms with Crippen LogP contribution in [0, 0.1) is 0 Å². The number of carbonyl (C=O) groups excluding carboxylic acids is 2. The SMILES string of the molecule is CC(=O)NC[C@H]1CN(c2ccc3c(c2)CCCc2c(-c4ccsc4)noc2-3)C(=O)O1. The molecule has 0 radical (unpaired) electrons. The molecule has 1 saturated heterocycles. The molecular formula is C22H21N3O4S. The highest BCUT2D eigenvalue weighted by molar-refractivity contribution is 7.08. The smallest absolute Gasteiger partial charge is 0.414 e. The number of fused-ring (bicyclic) bond motifs is 3. The molecule has 0 unspecified atom stereocenters. The molecule has 0 saturated carbocycles. The molecule has 8 heteroatoms. The molecule has 1 fully saturated rings. The van der Waals surface area contributed by atoms with Gasteiger partial charge in [0.1, 0.15) is 11.8 Å². The van der Waals surface area contributed by atoms with Gasteiger partial charge in [-0.05, 0) is 54.5 Å². The minimum atomic E-state index is -0.390. The number of hydrogen-bond acceptors (Lipinski definition) is 6. The first-order valence-electron chi connectivity index (χ1n) is 9.97. The summed E-state index contributed by atoms with van der Waals surface area (Å²) in [6, 6.07) is 8.03. The Morgan fingerprint density at radius 3 is 3.03 bits per heavy atom. The minimum absolute atomic E-state index is 0.140. The van der Waals surface area contributed by atoms with E-state index in [1.54, 1.807) is 16.2 Å². The summed E-state index contributed by atoms with van der Waals surface area (Å²) in [4.78, 5) is 25.1. The molecule has 1 aromatic carbocycles. The molecule has 1 atom stereocenters. The fraction of sp³-hybridized carbons (Fsp3) is 0.318. The van der Waals surface area contributed by atoms with Crippen LogP contribution in [0.3, 0.4) is 0 Å². The second-order valence-electron chi connectivity index (χ2n) is 7.60. The van der Waals surface area contributed by atoms with Gasteiger partial charge in [-0.1, -0.05) is 5.16 Å². The van der Waals surface area contributed by atoms with Crippen LogP contribution in [-0.4, -0.2) is 36.4 Å². The van der Waals surface area contributed by atoms with E-state index in [0.717, 1.165) is 58.7 Å². The Morgan fingerprint density at radius 1 is 1.33 bits per heavy atom. The van der Waals surface area contributed by atoms with E-state index in [1.165, 1.54) is 6.92 Å². The van der Waals surface area contributed by atoms with E-state index in [1.807, 2.05) is 23.6 Å². The summed E-state index contributed by atoms with van der Waals surface area (Å²) >= 11 is 1.65. The number of amides is 2. The van der Waals surface area contributed by atoms with E-state index in [2.05, 4.69) is 21.9 Å². The molecule has 5 rings (SSSR count). The monoisotopic (exact) mass is 423 g/mol. The summed E-state index contributed by atoms with van der Waals surface area (Å²) < 4.78 is 11.2. The van der Waals surface area contributed by atoms with Crippen molar-refractivity contribution in [3.05, 3.63) is 46.2 Å². The molecule has 2 amide bonds. The van der Waals surface area contributed by atoms with Gasteiger partial charge in [0.15, 0.2) is 5.76 Å². The van der Waals surface area contributed by atoms with Crippen LogP contribution in [0.25, 0.3) is 22.6 Å². The van der Waals surface area contributed by atoms with E-state index >= 15 is 0 Å². The van der Waals surface area contributed by atoms with Crippen LogP contribution >= 0.6 is 11.3 Å². The van der Waals surface area contributed by atoms with Gasteiger partial charge >= 0.3 is 6.09 Å². The van der Waals surface area contributed by atoms with Gasteiger partial charge in [-0.2, -0.15) is 11.3 Å². The van der Waals surface area contributed by atoms with Gasteiger partial charge in [0, 0.05) is 34.7 Å². The fourth-order valence-electron chi connectivity index (χ4n) is 4.11. The van der Waals surface area contributed by atoms with Gasteiger partial charge in [0.05, 0.1) is 13.1 Å². The number of anilines is 1. The molecule has 3 aromatic rings. The molecule has 7 nitrogen and oxygen atoms in total. The molecular weight excluding hydrogens is 402 g/mol. The number of nitrogens with zero attached hydrogens (tertiary/aromatic N) is 2. The lowest BCUT2D eigenvalue weighted by Gasteiger charge is -2.15. The van der Waals surface area contributed by atoms with Crippen molar-refractivity contribution < 1.29 is 18.8 Å². The van der Waals surface area contributed by atoms with E-state index in [4.69, 9.17) is 9.26 Å². The Morgan fingerprint density at radius 2 is 2.23 bits per heavy atom. The average Bonchev–Trinajstić information content (AvgIpc) is 3.44. The van der Waals surface area contributed by atoms with Crippen molar-refractivity contribution in [2.24, 2.45) is 0 Å². The number of cyclic esters (lactones) is 1. The average molecular weight is 423 g/mol. The molecule has 3 heterocycles. The summed E-state index contributed by atoms with van der Waals surface area (Å²) in [5.41, 5.74) is 6.13. The van der Waals surface area contributed by atoms with Gasteiger partial charge < -0.3 is 14.6 Å². The van der Waals surface area contributed by atoms with Gasteiger partial charge in [-0.25, -0.2) is 4.79 Å². The van der Waals surface area contributed by atoms with Gasteiger partial charge in [-0.15, -0.1) is 0 Å². The quantitative estimate of drug-likeness (QED) is 0.685. The number of aromatic nitrogens is 1. The molecule has 1 aliphatic carbocycles. The molecule has 0 spiro atoms. The summed E-state index contributed by atoms with van der Waals surface area (Å²) in [5.74, 6) is 0.682. The molecule has 1 aliphatic heterocycles. The third-order valence-electron chi connectivity index (χ3n) is 5.55. The summed E-state index contributed by atoms with van der Waals surface area (Å²) in [6.45, 7) is 2.17. The van der Waals surface area contributed by atoms with E-state index in [-0.39, 0.29) is 18.1 Å². The summed E-state index contributed by atoms with van der Waals surface area (Å²) in [6.07, 6.45) is 2.04. The fourth-order valence-corrected chi connectivity index (χ4v) is 4.75. The standard InChI is InChI=1S/C22H21N3O4S/c1-13(26)23-10-17-11-25(22(27)28-17)16-5-6-18-14(9-16)3-2-4-19-20(24-29-21(18)19)15-7-8-30-12-15/h5-9,12,17H,2-4,10-11H2,1H3,(H,23,26)/t17-/m0/s1. The first-order valence-corrected chi connectivity index (χ1v) is 10.9. The maximum Gasteiger partial charge on any atom is 0.414 e. The van der Waals surface area contributed by atoms with Crippen molar-refractivity contribution in [1.29, 1.82) is 0 Å². The zero-order valence-electron chi connectivity index (χ0n) is 16.5. The van der Waals surface area contributed by atoms with Gasteiger partial charge in [-0.3, -0.25) is 9.69 Å². The Kier molecular flexibility index (Phi) is 4.78. The molecule has 154 valence electrons. The van der Waals surface area contributed by atoms with Crippen LogP contribution in [0.15, 0.2) is 39.5 Å². The number of ether oxygens (including phenoxy) is 1. The highest BCUT2D eigenvalue weighted by atomic mass is 32.1. The Balaban J connectivity index is 1.43. The van der Waals surface area contributed by atoms with Crippen LogP contribution in [-0.2, 0) is 22.4 Å². The highest BCUT2D eigenvalue weighted by Gasteiger charge is 2.33. The number of rotatable bonds is 4. The predicted molar refractivity (Wildman–Crippen MR) is 114 cm³/mol. The van der Waals surface area contributed by atoms with E-state index in [9.17, 15) is 9.59 Å². The van der Waals surface area contributed by atoms with Gasteiger partial charge in [0.25, 0.3) is 0 Å². The number of hydrogen-bond donors (Lipinski definition) is 1. The van der Waals surface area contributed by atoms with Crippen molar-refractivity contribution in [2.75, 3.05) is 18.0 Å². The minimum Gasteiger partial charge on any atom is -0.442 e. The number of thiophene rings is 1. The molecule has 30 heavy (non-hydrogen) atoms. The Bertz CT molecular complexity index is 1110. The van der Waals surface area contributed by atoms with Crippen molar-refractivity contribution >= 4 is 29.0 Å². The first-order chi connectivity index (χ1) is 14.6. The normalized spacial score (nSPS) is 17.8. The maximum atomic E-state index is 12.4. The number of benzene rings is 1. The summed E-state index contributed by atoms with van der Waals surface area (Å²) in [7, 11) is 0. The number of aryl methyl sites for hydroxylation is 1. The first kappa shape index (κ1) is 18.9. The number of carbonyl (C=O) groups is 2. The Hall–Kier alpha value is -3.13. The largest absolute Gasteiger partial charge is 0.442 e. The maximum absolute atomic E-state index is 12.4. The van der Waals surface area contributed by atoms with Crippen molar-refractivity contribution in [3.8, 4) is 22.6 Å². The van der Waals surface area contributed by atoms with Crippen molar-refractivity contribution in [3.63, 3.8) is 0 Å². The lowest BCUT2D eigenvalue weighted by atomic mass is 10.0. The third-order valence-corrected chi connectivity index (χ3v) is 6.24. The number of nitrogens with one attached hydrogen (secondary N) is 1. The van der Waals surface area contributed by atoms with Crippen LogP contribution in [0.5, 0.6) is 0 Å². The lowest BCUT2D eigenvalue weighted by molar-refractivity contribution is -0.119. The Labute approximate surface area is 177 Å². The summed E-state index contributed by atoms with van der Waals surface area (Å²) in [5, 5.41) is 11.2. The van der Waals surface area contributed by atoms with Crippen LogP contribution < -0.4 is 10.2 Å². The second kappa shape index (κ2) is 7.60. The third kappa shape index (κ3) is 3.37. The molecule has 2 aromatic heterocycles. The predicted octanol–water partition coefficient (Wildman–Crippen LogP) is 4.02. The molecule has 1 N–H and O–H groups in total. The van der Waals surface area contributed by atoms with Crippen LogP contribution in [0.1, 0.15) is 24.5 Å². The van der Waals surface area contributed by atoms with E-state index < -0.39 is 0 Å². The van der Waals surface area contributed by atoms with E-state index in [0.29, 0.717) is 13.1 Å². The van der Waals surface area contributed by atoms with Crippen molar-refractivity contribution in [1.82, 2.24) is 10.5 Å². The highest BCUT2D eigenvalue weighted by Crippen LogP contribution is 2.39. The van der Waals surface area contributed by atoms with Crippen LogP contribution in [0.4, 0.5) is 10.5 Å². The van der Waals surface area contributed by atoms with Crippen molar-refractivity contribution in [2.45, 2.75) is 32.3 Å². The zero-order chi connectivity index (χ0) is 20.7. The second-order valence-corrected chi connectivity index (χ2v) is 8.38. The lowest BCUT2D eigenvalue weighted by Crippen LogP contribution is -2.33.